The van der Waals surface area contributed by atoms with Crippen LogP contribution in [-0.2, 0) is 16.0 Å². The van der Waals surface area contributed by atoms with Crippen LogP contribution < -0.4 is 4.74 Å². The van der Waals surface area contributed by atoms with Crippen molar-refractivity contribution in [2.24, 2.45) is 5.41 Å². The average Bonchev–Trinajstić information content (AvgIpc) is 3.38. The molecule has 0 aliphatic rings. The number of hydrogen-bond acceptors (Lipinski definition) is 5. The van der Waals surface area contributed by atoms with Crippen molar-refractivity contribution in [3.63, 3.8) is 0 Å². The van der Waals surface area contributed by atoms with Gasteiger partial charge in [0.1, 0.15) is 0 Å². The third-order valence-electron chi connectivity index (χ3n) is 6.38. The highest BCUT2D eigenvalue weighted by molar-refractivity contribution is 6.02. The molecule has 0 atom stereocenters. The maximum absolute atomic E-state index is 14.3. The van der Waals surface area contributed by atoms with Gasteiger partial charge in [0.05, 0.1) is 31.4 Å². The molecule has 0 N–H and O–H groups in total. The average molecular weight is 494 g/mol. The number of esters is 1. The number of methoxy groups -OCH3 is 2. The Morgan fingerprint density at radius 3 is 2.42 bits per heavy atom. The molecule has 190 valence electrons. The molecular formula is C28H32FN3O4. The molecule has 0 spiro atoms. The Labute approximate surface area is 209 Å². The Morgan fingerprint density at radius 2 is 1.81 bits per heavy atom. The number of carbonyl (C=O) groups is 2. The predicted octanol–water partition coefficient (Wildman–Crippen LogP) is 6.04. The van der Waals surface area contributed by atoms with Gasteiger partial charge in [0.25, 0.3) is 5.91 Å². The van der Waals surface area contributed by atoms with Crippen LogP contribution in [0.5, 0.6) is 5.75 Å². The van der Waals surface area contributed by atoms with E-state index >= 15 is 0 Å². The third-order valence-corrected chi connectivity index (χ3v) is 6.38. The maximum Gasteiger partial charge on any atom is 0.305 e. The molecule has 7 nitrogen and oxygen atoms in total. The molecule has 0 amide bonds. The normalized spacial score (nSPS) is 12.0. The number of ether oxygens (including phenoxy) is 2. The number of rotatable bonds is 6. The summed E-state index contributed by atoms with van der Waals surface area (Å²) >= 11 is 0. The van der Waals surface area contributed by atoms with Gasteiger partial charge in [-0.2, -0.15) is 9.78 Å². The van der Waals surface area contributed by atoms with Crippen LogP contribution in [0.1, 0.15) is 63.0 Å². The summed E-state index contributed by atoms with van der Waals surface area (Å²) in [4.78, 5) is 25.2. The van der Waals surface area contributed by atoms with Gasteiger partial charge in [0.2, 0.25) is 0 Å². The highest BCUT2D eigenvalue weighted by Gasteiger charge is 2.27. The molecule has 36 heavy (non-hydrogen) atoms. The van der Waals surface area contributed by atoms with Crippen LogP contribution in [0, 0.1) is 11.2 Å². The molecule has 0 saturated heterocycles. The van der Waals surface area contributed by atoms with Gasteiger partial charge in [-0.15, -0.1) is 0 Å². The SMILES string of the molecule is COC(=O)CCc1c(C(C)C)n(-c2ccc(F)c(OC)c2)c2cc3cnn(C(=O)C(C)(C)C)c3cc12. The van der Waals surface area contributed by atoms with Crippen molar-refractivity contribution in [1.29, 1.82) is 0 Å². The lowest BCUT2D eigenvalue weighted by atomic mass is 9.95. The van der Waals surface area contributed by atoms with E-state index in [1.165, 1.54) is 25.0 Å². The first-order chi connectivity index (χ1) is 17.0. The van der Waals surface area contributed by atoms with Crippen LogP contribution in [0.3, 0.4) is 0 Å². The summed E-state index contributed by atoms with van der Waals surface area (Å²) in [6.45, 7) is 9.74. The van der Waals surface area contributed by atoms with Gasteiger partial charge in [-0.3, -0.25) is 9.59 Å². The number of fused-ring (bicyclic) bond motifs is 2. The van der Waals surface area contributed by atoms with Crippen molar-refractivity contribution in [2.45, 2.75) is 53.4 Å². The third kappa shape index (κ3) is 4.36. The molecule has 2 aromatic heterocycles. The second-order valence-corrected chi connectivity index (χ2v) is 10.3. The fraction of sp³-hybridized carbons (Fsp3) is 0.393. The number of halogens is 1. The van der Waals surface area contributed by atoms with Gasteiger partial charge in [0.15, 0.2) is 11.6 Å². The number of benzene rings is 2. The number of carbonyl (C=O) groups excluding carboxylic acids is 2. The van der Waals surface area contributed by atoms with Crippen LogP contribution in [0.25, 0.3) is 27.5 Å². The lowest BCUT2D eigenvalue weighted by Gasteiger charge is -2.17. The molecule has 4 aromatic rings. The Bertz CT molecular complexity index is 1470. The van der Waals surface area contributed by atoms with E-state index in [0.717, 1.165) is 33.2 Å². The quantitative estimate of drug-likeness (QED) is 0.306. The monoisotopic (exact) mass is 493 g/mol. The highest BCUT2D eigenvalue weighted by Crippen LogP contribution is 2.38. The molecule has 0 saturated carbocycles. The second kappa shape index (κ2) is 9.41. The summed E-state index contributed by atoms with van der Waals surface area (Å²) < 4.78 is 28.0. The van der Waals surface area contributed by atoms with E-state index in [1.807, 2.05) is 32.9 Å². The molecular weight excluding hydrogens is 461 g/mol. The van der Waals surface area contributed by atoms with Crippen LogP contribution in [0.4, 0.5) is 4.39 Å². The number of aryl methyl sites for hydroxylation is 1. The number of hydrogen-bond donors (Lipinski definition) is 0. The number of nitrogens with zero attached hydrogens (tertiary/aromatic N) is 3. The second-order valence-electron chi connectivity index (χ2n) is 10.3. The topological polar surface area (TPSA) is 75.3 Å². The van der Waals surface area contributed by atoms with Gasteiger partial charge in [-0.25, -0.2) is 4.39 Å². The molecule has 0 aliphatic carbocycles. The van der Waals surface area contributed by atoms with Crippen molar-refractivity contribution in [3.05, 3.63) is 53.6 Å². The Balaban J connectivity index is 2.07. The Kier molecular flexibility index (Phi) is 6.64. The molecule has 2 aromatic carbocycles. The minimum Gasteiger partial charge on any atom is -0.494 e. The van der Waals surface area contributed by atoms with Crippen LogP contribution in [-0.4, -0.2) is 40.4 Å². The predicted molar refractivity (Wildman–Crippen MR) is 138 cm³/mol. The highest BCUT2D eigenvalue weighted by atomic mass is 19.1. The summed E-state index contributed by atoms with van der Waals surface area (Å²) in [5, 5.41) is 6.11. The smallest absolute Gasteiger partial charge is 0.305 e. The minimum absolute atomic E-state index is 0.0805. The van der Waals surface area contributed by atoms with E-state index in [-0.39, 0.29) is 30.0 Å². The van der Waals surface area contributed by atoms with E-state index in [1.54, 1.807) is 18.3 Å². The van der Waals surface area contributed by atoms with E-state index in [2.05, 4.69) is 23.5 Å². The van der Waals surface area contributed by atoms with Crippen molar-refractivity contribution < 1.29 is 23.5 Å². The molecule has 0 radical (unpaired) electrons. The van der Waals surface area contributed by atoms with Gasteiger partial charge in [-0.05, 0) is 42.2 Å². The van der Waals surface area contributed by atoms with Gasteiger partial charge >= 0.3 is 5.97 Å². The van der Waals surface area contributed by atoms with Crippen molar-refractivity contribution >= 4 is 33.7 Å². The summed E-state index contributed by atoms with van der Waals surface area (Å²) in [6.07, 6.45) is 2.35. The zero-order chi connectivity index (χ0) is 26.4. The van der Waals surface area contributed by atoms with E-state index in [4.69, 9.17) is 9.47 Å². The molecule has 0 aliphatic heterocycles. The van der Waals surface area contributed by atoms with E-state index < -0.39 is 11.2 Å². The molecule has 2 heterocycles. The molecule has 0 fully saturated rings. The molecule has 8 heteroatoms. The number of aromatic nitrogens is 3. The zero-order valence-corrected chi connectivity index (χ0v) is 21.8. The van der Waals surface area contributed by atoms with Crippen molar-refractivity contribution in [2.75, 3.05) is 14.2 Å². The van der Waals surface area contributed by atoms with Crippen molar-refractivity contribution in [1.82, 2.24) is 14.3 Å². The zero-order valence-electron chi connectivity index (χ0n) is 21.8. The standard InChI is InChI=1S/C28H32FN3O4/c1-16(2)26-19(9-11-25(33)36-7)20-14-22-17(15-30-32(22)27(34)28(3,4)5)12-23(20)31(26)18-8-10-21(29)24(13-18)35-6/h8,10,12-16H,9,11H2,1-7H3. The van der Waals surface area contributed by atoms with Crippen molar-refractivity contribution in [3.8, 4) is 11.4 Å². The van der Waals surface area contributed by atoms with Crippen LogP contribution >= 0.6 is 0 Å². The minimum atomic E-state index is -0.610. The van der Waals surface area contributed by atoms with Crippen LogP contribution in [0.15, 0.2) is 36.5 Å². The van der Waals surface area contributed by atoms with E-state index in [9.17, 15) is 14.0 Å². The summed E-state index contributed by atoms with van der Waals surface area (Å²) in [5.41, 5.74) is 3.68. The summed E-state index contributed by atoms with van der Waals surface area (Å²) in [7, 11) is 2.81. The largest absolute Gasteiger partial charge is 0.494 e. The first kappa shape index (κ1) is 25.4. The van der Waals surface area contributed by atoms with Gasteiger partial charge in [0, 0.05) is 40.1 Å². The summed E-state index contributed by atoms with van der Waals surface area (Å²) in [5.74, 6) is -0.635. The van der Waals surface area contributed by atoms with Crippen LogP contribution in [0.2, 0.25) is 0 Å². The first-order valence-corrected chi connectivity index (χ1v) is 12.0. The first-order valence-electron chi connectivity index (χ1n) is 12.0. The molecule has 0 bridgehead atoms. The van der Waals surface area contributed by atoms with E-state index in [0.29, 0.717) is 11.9 Å². The molecule has 0 unspecified atom stereocenters. The maximum atomic E-state index is 14.3. The fourth-order valence-electron chi connectivity index (χ4n) is 4.64. The molecule has 4 rings (SSSR count). The van der Waals surface area contributed by atoms with Gasteiger partial charge < -0.3 is 14.0 Å². The Hall–Kier alpha value is -3.68. The summed E-state index contributed by atoms with van der Waals surface area (Å²) in [6, 6.07) is 8.73. The van der Waals surface area contributed by atoms with Gasteiger partial charge in [-0.1, -0.05) is 34.6 Å². The lowest BCUT2D eigenvalue weighted by molar-refractivity contribution is -0.140. The fourth-order valence-corrected chi connectivity index (χ4v) is 4.64. The lowest BCUT2D eigenvalue weighted by Crippen LogP contribution is -2.27. The Morgan fingerprint density at radius 1 is 1.08 bits per heavy atom.